The van der Waals surface area contributed by atoms with Crippen LogP contribution in [-0.2, 0) is 4.79 Å². The maximum atomic E-state index is 11.9. The van der Waals surface area contributed by atoms with E-state index in [2.05, 4.69) is 56.9 Å². The van der Waals surface area contributed by atoms with Crippen LogP contribution in [0, 0.1) is 12.3 Å². The molecular weight excluding hydrogens is 262 g/mol. The van der Waals surface area contributed by atoms with E-state index in [1.165, 1.54) is 5.56 Å². The van der Waals surface area contributed by atoms with Gasteiger partial charge in [0.05, 0.1) is 18.2 Å². The van der Waals surface area contributed by atoms with E-state index in [0.29, 0.717) is 12.1 Å². The van der Waals surface area contributed by atoms with Crippen molar-refractivity contribution in [2.45, 2.75) is 47.1 Å². The minimum Gasteiger partial charge on any atom is -0.510 e. The first-order valence-corrected chi connectivity index (χ1v) is 7.45. The number of benzene rings is 1. The van der Waals surface area contributed by atoms with Crippen molar-refractivity contribution in [1.82, 2.24) is 0 Å². The second kappa shape index (κ2) is 5.55. The number of ketones is 1. The summed E-state index contributed by atoms with van der Waals surface area (Å²) in [6, 6.07) is 8.19. The molecule has 1 aromatic rings. The molecule has 1 N–H and O–H groups in total. The molecule has 114 valence electrons. The fourth-order valence-corrected chi connectivity index (χ4v) is 2.94. The van der Waals surface area contributed by atoms with Crippen LogP contribution in [0.5, 0.6) is 0 Å². The topological polar surface area (TPSA) is 40.5 Å². The Morgan fingerprint density at radius 3 is 2.33 bits per heavy atom. The van der Waals surface area contributed by atoms with Gasteiger partial charge in [0.25, 0.3) is 0 Å². The van der Waals surface area contributed by atoms with Gasteiger partial charge in [-0.15, -0.1) is 0 Å². The van der Waals surface area contributed by atoms with Crippen molar-refractivity contribution in [3.05, 3.63) is 41.2 Å². The highest BCUT2D eigenvalue weighted by molar-refractivity contribution is 5.96. The maximum Gasteiger partial charge on any atom is 0.161 e. The van der Waals surface area contributed by atoms with Gasteiger partial charge in [-0.05, 0) is 37.8 Å². The van der Waals surface area contributed by atoms with Crippen molar-refractivity contribution in [2.75, 3.05) is 11.4 Å². The lowest BCUT2D eigenvalue weighted by molar-refractivity contribution is -0.114. The van der Waals surface area contributed by atoms with E-state index in [1.54, 1.807) is 6.92 Å². The van der Waals surface area contributed by atoms with Gasteiger partial charge in [0, 0.05) is 5.69 Å². The highest BCUT2D eigenvalue weighted by Gasteiger charge is 2.37. The second-order valence-corrected chi connectivity index (χ2v) is 7.16. The minimum atomic E-state index is -0.0507. The van der Waals surface area contributed by atoms with E-state index in [9.17, 15) is 9.90 Å². The van der Waals surface area contributed by atoms with Gasteiger partial charge < -0.3 is 10.0 Å². The van der Waals surface area contributed by atoms with Crippen molar-refractivity contribution < 1.29 is 9.90 Å². The van der Waals surface area contributed by atoms with Crippen LogP contribution in [0.25, 0.3) is 0 Å². The molecule has 1 atom stereocenters. The molecule has 1 aliphatic rings. The lowest BCUT2D eigenvalue weighted by Gasteiger charge is -2.33. The largest absolute Gasteiger partial charge is 0.510 e. The quantitative estimate of drug-likeness (QED) is 0.912. The predicted molar refractivity (Wildman–Crippen MR) is 86.7 cm³/mol. The minimum absolute atomic E-state index is 0.0311. The lowest BCUT2D eigenvalue weighted by atomic mass is 9.84. The Bertz CT molecular complexity index is 564. The molecule has 1 heterocycles. The molecule has 0 saturated heterocycles. The number of carbonyl (C=O) groups excluding carboxylic acids is 1. The number of rotatable bonds is 3. The maximum absolute atomic E-state index is 11.9. The number of hydrogen-bond acceptors (Lipinski definition) is 3. The monoisotopic (exact) mass is 287 g/mol. The molecule has 3 nitrogen and oxygen atoms in total. The van der Waals surface area contributed by atoms with Crippen LogP contribution in [0.4, 0.5) is 5.69 Å². The third-order valence-electron chi connectivity index (χ3n) is 3.89. The van der Waals surface area contributed by atoms with Crippen molar-refractivity contribution in [3.63, 3.8) is 0 Å². The summed E-state index contributed by atoms with van der Waals surface area (Å²) in [5.41, 5.74) is 2.91. The van der Waals surface area contributed by atoms with Crippen LogP contribution in [0.15, 0.2) is 35.6 Å². The first-order chi connectivity index (χ1) is 9.69. The van der Waals surface area contributed by atoms with Crippen molar-refractivity contribution >= 4 is 11.5 Å². The number of aliphatic hydroxyl groups excluding tert-OH is 1. The molecule has 21 heavy (non-hydrogen) atoms. The summed E-state index contributed by atoms with van der Waals surface area (Å²) in [5, 5.41) is 10.2. The molecule has 1 aliphatic heterocycles. The number of anilines is 1. The fraction of sp³-hybridized carbons (Fsp3) is 0.500. The van der Waals surface area contributed by atoms with Crippen molar-refractivity contribution in [1.29, 1.82) is 0 Å². The third kappa shape index (κ3) is 3.46. The molecule has 0 aromatic heterocycles. The molecule has 1 aromatic carbocycles. The van der Waals surface area contributed by atoms with E-state index in [0.717, 1.165) is 12.1 Å². The van der Waals surface area contributed by atoms with Crippen LogP contribution < -0.4 is 4.90 Å². The summed E-state index contributed by atoms with van der Waals surface area (Å²) in [4.78, 5) is 14.1. The molecule has 0 saturated carbocycles. The molecule has 0 amide bonds. The molecule has 0 radical (unpaired) electrons. The number of carbonyl (C=O) groups is 1. The zero-order valence-electron chi connectivity index (χ0n) is 13.6. The number of aryl methyl sites for hydroxylation is 1. The van der Waals surface area contributed by atoms with E-state index in [4.69, 9.17) is 0 Å². The first kappa shape index (κ1) is 15.6. The highest BCUT2D eigenvalue weighted by Crippen LogP contribution is 2.36. The summed E-state index contributed by atoms with van der Waals surface area (Å²) in [6.45, 7) is 10.5. The molecular formula is C18H25NO2. The third-order valence-corrected chi connectivity index (χ3v) is 3.89. The molecule has 3 heteroatoms. The van der Waals surface area contributed by atoms with Gasteiger partial charge in [-0.25, -0.2) is 0 Å². The van der Waals surface area contributed by atoms with Crippen LogP contribution in [0.1, 0.15) is 39.7 Å². The van der Waals surface area contributed by atoms with E-state index in [-0.39, 0.29) is 23.0 Å². The second-order valence-electron chi connectivity index (χ2n) is 7.16. The van der Waals surface area contributed by atoms with Gasteiger partial charge in [-0.1, -0.05) is 38.5 Å². The van der Waals surface area contributed by atoms with Crippen LogP contribution >= 0.6 is 0 Å². The van der Waals surface area contributed by atoms with E-state index < -0.39 is 0 Å². The van der Waals surface area contributed by atoms with Crippen LogP contribution in [0.2, 0.25) is 0 Å². The zero-order chi connectivity index (χ0) is 15.8. The number of hydrogen-bond donors (Lipinski definition) is 1. The first-order valence-electron chi connectivity index (χ1n) is 7.45. The SMILES string of the molecule is CC(=O)C1=C(O)CN(c2ccc(C)cc2)C1CC(C)(C)C. The van der Waals surface area contributed by atoms with Gasteiger partial charge in [0.15, 0.2) is 5.78 Å². The Kier molecular flexibility index (Phi) is 4.13. The molecule has 0 bridgehead atoms. The Labute approximate surface area is 127 Å². The predicted octanol–water partition coefficient (Wildman–Crippen LogP) is 4.02. The summed E-state index contributed by atoms with van der Waals surface area (Å²) in [7, 11) is 0. The highest BCUT2D eigenvalue weighted by atomic mass is 16.3. The average Bonchev–Trinajstić information content (AvgIpc) is 2.65. The standard InChI is InChI=1S/C18H25NO2/c1-12-6-8-14(9-7-12)19-11-16(21)17(13(2)20)15(19)10-18(3,4)5/h6-9,15,21H,10-11H2,1-5H3. The summed E-state index contributed by atoms with van der Waals surface area (Å²) < 4.78 is 0. The summed E-state index contributed by atoms with van der Waals surface area (Å²) in [5.74, 6) is 0.189. The molecule has 1 unspecified atom stereocenters. The van der Waals surface area contributed by atoms with Gasteiger partial charge in [0.1, 0.15) is 5.76 Å². The molecule has 0 spiro atoms. The fourth-order valence-electron chi connectivity index (χ4n) is 2.94. The van der Waals surface area contributed by atoms with E-state index in [1.807, 2.05) is 0 Å². The molecule has 0 fully saturated rings. The Morgan fingerprint density at radius 1 is 1.29 bits per heavy atom. The van der Waals surface area contributed by atoms with E-state index >= 15 is 0 Å². The summed E-state index contributed by atoms with van der Waals surface area (Å²) >= 11 is 0. The van der Waals surface area contributed by atoms with Crippen molar-refractivity contribution in [2.24, 2.45) is 5.41 Å². The Balaban J connectivity index is 2.38. The molecule has 0 aliphatic carbocycles. The normalized spacial score (nSPS) is 19.3. The number of nitrogens with zero attached hydrogens (tertiary/aromatic N) is 1. The number of aliphatic hydroxyl groups is 1. The van der Waals surface area contributed by atoms with Gasteiger partial charge in [-0.2, -0.15) is 0 Å². The van der Waals surface area contributed by atoms with Gasteiger partial charge >= 0.3 is 0 Å². The Hall–Kier alpha value is -1.77. The smallest absolute Gasteiger partial charge is 0.161 e. The Morgan fingerprint density at radius 2 is 1.86 bits per heavy atom. The van der Waals surface area contributed by atoms with Crippen LogP contribution in [0.3, 0.4) is 0 Å². The van der Waals surface area contributed by atoms with Gasteiger partial charge in [-0.3, -0.25) is 4.79 Å². The average molecular weight is 287 g/mol. The van der Waals surface area contributed by atoms with Crippen molar-refractivity contribution in [3.8, 4) is 0 Å². The zero-order valence-corrected chi connectivity index (χ0v) is 13.6. The molecule has 2 rings (SSSR count). The lowest BCUT2D eigenvalue weighted by Crippen LogP contribution is -2.36. The number of Topliss-reactive ketones (excluding diaryl/α,β-unsaturated/α-hetero) is 1. The van der Waals surface area contributed by atoms with Crippen LogP contribution in [-0.4, -0.2) is 23.5 Å². The summed E-state index contributed by atoms with van der Waals surface area (Å²) in [6.07, 6.45) is 0.833. The van der Waals surface area contributed by atoms with Gasteiger partial charge in [0.2, 0.25) is 0 Å².